The predicted octanol–water partition coefficient (Wildman–Crippen LogP) is 1.92. The molecule has 1 heterocycles. The van der Waals surface area contributed by atoms with E-state index in [1.807, 2.05) is 0 Å². The molecular weight excluding hydrogens is 357 g/mol. The van der Waals surface area contributed by atoms with Gasteiger partial charge in [-0.15, -0.1) is 0 Å². The average Bonchev–Trinajstić information content (AvgIpc) is 2.56. The summed E-state index contributed by atoms with van der Waals surface area (Å²) in [7, 11) is 2.61. The van der Waals surface area contributed by atoms with Crippen molar-refractivity contribution < 1.29 is 37.4 Å². The minimum Gasteiger partial charge on any atom is -0.493 e. The molecule has 144 valence electrons. The lowest BCUT2D eigenvalue weighted by molar-refractivity contribution is -0.137. The van der Waals surface area contributed by atoms with Crippen LogP contribution in [-0.2, 0) is 11.2 Å². The molecule has 7 nitrogen and oxygen atoms in total. The minimum atomic E-state index is -4.36. The molecule has 0 aliphatic carbocycles. The fourth-order valence-corrected chi connectivity index (χ4v) is 2.77. The molecule has 1 aliphatic rings. The number of methoxy groups -OCH3 is 2. The molecule has 1 aromatic rings. The Morgan fingerprint density at radius 1 is 1.31 bits per heavy atom. The van der Waals surface area contributed by atoms with Gasteiger partial charge in [0.15, 0.2) is 11.5 Å². The molecule has 26 heavy (non-hydrogen) atoms. The SMILES string of the molecule is COc1cc(C(=O)N2CC[C@@H]2C(=O)NO)cc(CCC(F)(F)F)c1OC. The van der Waals surface area contributed by atoms with Crippen LogP contribution in [0.3, 0.4) is 0 Å². The van der Waals surface area contributed by atoms with Crippen LogP contribution in [0.25, 0.3) is 0 Å². The molecule has 0 saturated carbocycles. The maximum Gasteiger partial charge on any atom is 0.389 e. The monoisotopic (exact) mass is 376 g/mol. The Bertz CT molecular complexity index is 693. The fourth-order valence-electron chi connectivity index (χ4n) is 2.77. The Morgan fingerprint density at radius 2 is 2.00 bits per heavy atom. The van der Waals surface area contributed by atoms with E-state index in [4.69, 9.17) is 14.7 Å². The lowest BCUT2D eigenvalue weighted by Gasteiger charge is -2.39. The van der Waals surface area contributed by atoms with Crippen molar-refractivity contribution in [2.75, 3.05) is 20.8 Å². The van der Waals surface area contributed by atoms with Gasteiger partial charge in [0.1, 0.15) is 6.04 Å². The number of carbonyl (C=O) groups is 2. The van der Waals surface area contributed by atoms with Crippen molar-refractivity contribution >= 4 is 11.8 Å². The van der Waals surface area contributed by atoms with Gasteiger partial charge in [0.25, 0.3) is 11.8 Å². The second-order valence-corrected chi connectivity index (χ2v) is 5.77. The van der Waals surface area contributed by atoms with Crippen LogP contribution in [0, 0.1) is 0 Å². The number of nitrogens with one attached hydrogen (secondary N) is 1. The smallest absolute Gasteiger partial charge is 0.389 e. The number of alkyl halides is 3. The number of carbonyl (C=O) groups excluding carboxylic acids is 2. The number of halogens is 3. The molecule has 0 radical (unpaired) electrons. The van der Waals surface area contributed by atoms with Gasteiger partial charge in [-0.05, 0) is 30.5 Å². The van der Waals surface area contributed by atoms with E-state index in [9.17, 15) is 22.8 Å². The lowest BCUT2D eigenvalue weighted by Crippen LogP contribution is -2.57. The molecule has 0 bridgehead atoms. The Morgan fingerprint density at radius 3 is 2.46 bits per heavy atom. The van der Waals surface area contributed by atoms with Crippen molar-refractivity contribution in [2.45, 2.75) is 31.5 Å². The molecule has 1 aromatic carbocycles. The van der Waals surface area contributed by atoms with E-state index in [0.29, 0.717) is 13.0 Å². The standard InChI is InChI=1S/C16H19F3N2O5/c1-25-12-8-10(15(23)21-6-4-11(21)14(22)20-24)7-9(13(12)26-2)3-5-16(17,18)19/h7-8,11,24H,3-6H2,1-2H3,(H,20,22)/t11-/m1/s1. The summed E-state index contributed by atoms with van der Waals surface area (Å²) in [5.41, 5.74) is 1.75. The third-order valence-corrected chi connectivity index (χ3v) is 4.17. The maximum atomic E-state index is 12.6. The number of ether oxygens (including phenoxy) is 2. The lowest BCUT2D eigenvalue weighted by atomic mass is 9.98. The predicted molar refractivity (Wildman–Crippen MR) is 83.3 cm³/mol. The van der Waals surface area contributed by atoms with Gasteiger partial charge in [-0.25, -0.2) is 5.48 Å². The third kappa shape index (κ3) is 4.18. The number of hydrogen-bond acceptors (Lipinski definition) is 5. The summed E-state index contributed by atoms with van der Waals surface area (Å²) < 4.78 is 48.0. The second kappa shape index (κ2) is 7.81. The van der Waals surface area contributed by atoms with E-state index in [1.165, 1.54) is 36.7 Å². The normalized spacial score (nSPS) is 16.7. The van der Waals surface area contributed by atoms with Gasteiger partial charge < -0.3 is 14.4 Å². The summed E-state index contributed by atoms with van der Waals surface area (Å²) in [6, 6.07) is 1.84. The van der Waals surface area contributed by atoms with Gasteiger partial charge in [-0.2, -0.15) is 13.2 Å². The summed E-state index contributed by atoms with van der Waals surface area (Å²) in [6.07, 6.45) is -5.44. The average molecular weight is 376 g/mol. The molecule has 10 heteroatoms. The quantitative estimate of drug-likeness (QED) is 0.585. The van der Waals surface area contributed by atoms with Crippen molar-refractivity contribution in [1.29, 1.82) is 0 Å². The van der Waals surface area contributed by atoms with E-state index >= 15 is 0 Å². The maximum absolute atomic E-state index is 12.6. The third-order valence-electron chi connectivity index (χ3n) is 4.17. The van der Waals surface area contributed by atoms with Crippen molar-refractivity contribution in [1.82, 2.24) is 10.4 Å². The van der Waals surface area contributed by atoms with Gasteiger partial charge in [-0.3, -0.25) is 14.8 Å². The molecular formula is C16H19F3N2O5. The van der Waals surface area contributed by atoms with Crippen LogP contribution >= 0.6 is 0 Å². The number of benzene rings is 1. The first-order valence-electron chi connectivity index (χ1n) is 7.78. The second-order valence-electron chi connectivity index (χ2n) is 5.77. The van der Waals surface area contributed by atoms with Crippen molar-refractivity contribution in [3.8, 4) is 11.5 Å². The number of hydroxylamine groups is 1. The van der Waals surface area contributed by atoms with E-state index in [-0.39, 0.29) is 29.0 Å². The summed E-state index contributed by atoms with van der Waals surface area (Å²) in [4.78, 5) is 25.4. The summed E-state index contributed by atoms with van der Waals surface area (Å²) in [5.74, 6) is -1.01. The van der Waals surface area contributed by atoms with Crippen molar-refractivity contribution in [3.63, 3.8) is 0 Å². The van der Waals surface area contributed by atoms with Crippen LogP contribution in [0.4, 0.5) is 13.2 Å². The van der Waals surface area contributed by atoms with Crippen LogP contribution in [0.1, 0.15) is 28.8 Å². The first-order chi connectivity index (χ1) is 12.2. The number of amides is 2. The number of rotatable bonds is 6. The first kappa shape index (κ1) is 19.8. The first-order valence-corrected chi connectivity index (χ1v) is 7.78. The van der Waals surface area contributed by atoms with E-state index in [2.05, 4.69) is 0 Å². The molecule has 0 unspecified atom stereocenters. The van der Waals surface area contributed by atoms with Gasteiger partial charge in [0.05, 0.1) is 14.2 Å². The van der Waals surface area contributed by atoms with Crippen LogP contribution in [0.2, 0.25) is 0 Å². The molecule has 2 amide bonds. The molecule has 0 aromatic heterocycles. The van der Waals surface area contributed by atoms with Crippen molar-refractivity contribution in [3.05, 3.63) is 23.3 Å². The van der Waals surface area contributed by atoms with Gasteiger partial charge >= 0.3 is 6.18 Å². The highest BCUT2D eigenvalue weighted by atomic mass is 19.4. The molecule has 1 saturated heterocycles. The fraction of sp³-hybridized carbons (Fsp3) is 0.500. The molecule has 1 fully saturated rings. The Hall–Kier alpha value is -2.49. The highest BCUT2D eigenvalue weighted by molar-refractivity contribution is 5.99. The highest BCUT2D eigenvalue weighted by Gasteiger charge is 2.38. The van der Waals surface area contributed by atoms with Crippen LogP contribution in [0.5, 0.6) is 11.5 Å². The number of likely N-dealkylation sites (tertiary alicyclic amines) is 1. The molecule has 0 spiro atoms. The van der Waals surface area contributed by atoms with E-state index < -0.39 is 30.5 Å². The van der Waals surface area contributed by atoms with Gasteiger partial charge in [-0.1, -0.05) is 0 Å². The van der Waals surface area contributed by atoms with Crippen LogP contribution < -0.4 is 15.0 Å². The Balaban J connectivity index is 2.33. The minimum absolute atomic E-state index is 0.0789. The summed E-state index contributed by atoms with van der Waals surface area (Å²) in [6.45, 7) is 0.295. The van der Waals surface area contributed by atoms with Crippen LogP contribution in [0.15, 0.2) is 12.1 Å². The summed E-state index contributed by atoms with van der Waals surface area (Å²) in [5, 5.41) is 8.70. The zero-order valence-electron chi connectivity index (χ0n) is 14.2. The molecule has 1 atom stereocenters. The Labute approximate surface area is 147 Å². The topological polar surface area (TPSA) is 88.1 Å². The Kier molecular flexibility index (Phi) is 5.96. The van der Waals surface area contributed by atoms with Crippen LogP contribution in [-0.4, -0.2) is 54.9 Å². The van der Waals surface area contributed by atoms with Crippen molar-refractivity contribution in [2.24, 2.45) is 0 Å². The molecule has 1 aliphatic heterocycles. The molecule has 2 rings (SSSR count). The van der Waals surface area contributed by atoms with E-state index in [1.54, 1.807) is 0 Å². The zero-order chi connectivity index (χ0) is 19.5. The number of nitrogens with zero attached hydrogens (tertiary/aromatic N) is 1. The summed E-state index contributed by atoms with van der Waals surface area (Å²) >= 11 is 0. The number of hydrogen-bond donors (Lipinski definition) is 2. The highest BCUT2D eigenvalue weighted by Crippen LogP contribution is 2.36. The number of aryl methyl sites for hydroxylation is 1. The van der Waals surface area contributed by atoms with E-state index in [0.717, 1.165) is 0 Å². The molecule has 2 N–H and O–H groups in total. The van der Waals surface area contributed by atoms with Gasteiger partial charge in [0, 0.05) is 18.5 Å². The zero-order valence-corrected chi connectivity index (χ0v) is 14.2. The largest absolute Gasteiger partial charge is 0.493 e. The van der Waals surface area contributed by atoms with Gasteiger partial charge in [0.2, 0.25) is 0 Å².